The van der Waals surface area contributed by atoms with Crippen molar-refractivity contribution in [1.29, 1.82) is 0 Å². The molecule has 0 aliphatic heterocycles. The van der Waals surface area contributed by atoms with Gasteiger partial charge in [0.1, 0.15) is 10.6 Å². The van der Waals surface area contributed by atoms with Gasteiger partial charge in [0.15, 0.2) is 11.5 Å². The third-order valence-corrected chi connectivity index (χ3v) is 7.00. The molecular weight excluding hydrogens is 422 g/mol. The molecule has 32 heavy (non-hydrogen) atoms. The molecule has 0 saturated heterocycles. The van der Waals surface area contributed by atoms with E-state index in [9.17, 15) is 4.79 Å². The molecule has 160 valence electrons. The molecule has 8 nitrogen and oxygen atoms in total. The molecule has 9 heteroatoms. The van der Waals surface area contributed by atoms with Crippen molar-refractivity contribution in [2.45, 2.75) is 32.2 Å². The predicted octanol–water partition coefficient (Wildman–Crippen LogP) is 3.55. The maximum atomic E-state index is 12.5. The molecule has 0 spiro atoms. The first-order valence-corrected chi connectivity index (χ1v) is 11.6. The Kier molecular flexibility index (Phi) is 4.68. The van der Waals surface area contributed by atoms with E-state index in [1.54, 1.807) is 34.3 Å². The van der Waals surface area contributed by atoms with Gasteiger partial charge in [-0.15, -0.1) is 16.4 Å². The molecule has 0 fully saturated rings. The van der Waals surface area contributed by atoms with Crippen LogP contribution in [0.4, 0.5) is 5.82 Å². The first kappa shape index (κ1) is 19.1. The Labute approximate surface area is 187 Å². The summed E-state index contributed by atoms with van der Waals surface area (Å²) in [5, 5.41) is 9.08. The molecule has 5 aromatic heterocycles. The summed E-state index contributed by atoms with van der Waals surface area (Å²) in [4.78, 5) is 28.9. The molecule has 1 aliphatic rings. The van der Waals surface area contributed by atoms with Gasteiger partial charge in [0.25, 0.3) is 0 Å². The highest BCUT2D eigenvalue weighted by Gasteiger charge is 2.22. The Morgan fingerprint density at radius 2 is 2.09 bits per heavy atom. The Balaban J connectivity index is 1.27. The number of aryl methyl sites for hydroxylation is 3. The zero-order valence-electron chi connectivity index (χ0n) is 17.4. The highest BCUT2D eigenvalue weighted by atomic mass is 32.1. The number of fused-ring (bicyclic) bond motifs is 4. The minimum Gasteiger partial charge on any atom is -0.369 e. The van der Waals surface area contributed by atoms with E-state index in [-0.39, 0.29) is 5.69 Å². The van der Waals surface area contributed by atoms with Gasteiger partial charge in [-0.25, -0.2) is 19.4 Å². The first-order valence-electron chi connectivity index (χ1n) is 10.8. The molecular formula is C23H21N7OS. The fourth-order valence-corrected chi connectivity index (χ4v) is 5.56. The average Bonchev–Trinajstić information content (AvgIpc) is 3.50. The third kappa shape index (κ3) is 3.25. The smallest absolute Gasteiger partial charge is 0.350 e. The molecule has 1 aliphatic carbocycles. The molecule has 0 saturated carbocycles. The van der Waals surface area contributed by atoms with Gasteiger partial charge in [-0.05, 0) is 55.5 Å². The van der Waals surface area contributed by atoms with Gasteiger partial charge in [-0.3, -0.25) is 9.38 Å². The molecule has 0 radical (unpaired) electrons. The standard InChI is InChI=1S/C23H21N7OS/c31-23-29-12-2-1-9-18(29)28-30(23)13-5-11-25-21-19-16-7-3-8-17(16)32-22(19)27-20(26-21)15-6-4-10-24-14-15/h1-2,4,6,9-10,12,14H,3,5,7-8,11,13H2,(H,25,26,27). The van der Waals surface area contributed by atoms with E-state index in [2.05, 4.69) is 15.4 Å². The summed E-state index contributed by atoms with van der Waals surface area (Å²) in [5.74, 6) is 1.56. The number of rotatable bonds is 6. The van der Waals surface area contributed by atoms with Crippen LogP contribution in [0.25, 0.3) is 27.3 Å². The molecule has 0 unspecified atom stereocenters. The van der Waals surface area contributed by atoms with E-state index in [0.29, 0.717) is 24.6 Å². The molecule has 0 bridgehead atoms. The van der Waals surface area contributed by atoms with Crippen molar-refractivity contribution in [1.82, 2.24) is 29.1 Å². The summed E-state index contributed by atoms with van der Waals surface area (Å²) in [6, 6.07) is 9.44. The van der Waals surface area contributed by atoms with Crippen LogP contribution in [0.5, 0.6) is 0 Å². The van der Waals surface area contributed by atoms with Crippen molar-refractivity contribution in [3.8, 4) is 11.4 Å². The fourth-order valence-electron chi connectivity index (χ4n) is 4.30. The summed E-state index contributed by atoms with van der Waals surface area (Å²) in [7, 11) is 0. The Morgan fingerprint density at radius 1 is 1.12 bits per heavy atom. The highest BCUT2D eigenvalue weighted by Crippen LogP contribution is 2.40. The minimum absolute atomic E-state index is 0.112. The van der Waals surface area contributed by atoms with Gasteiger partial charge < -0.3 is 5.32 Å². The van der Waals surface area contributed by atoms with Crippen LogP contribution in [-0.4, -0.2) is 35.7 Å². The Morgan fingerprint density at radius 3 is 2.97 bits per heavy atom. The van der Waals surface area contributed by atoms with Gasteiger partial charge in [-0.1, -0.05) is 6.07 Å². The van der Waals surface area contributed by atoms with E-state index in [0.717, 1.165) is 40.9 Å². The monoisotopic (exact) mass is 443 g/mol. The maximum absolute atomic E-state index is 12.5. The second kappa shape index (κ2) is 7.83. The average molecular weight is 444 g/mol. The second-order valence-electron chi connectivity index (χ2n) is 7.89. The summed E-state index contributed by atoms with van der Waals surface area (Å²) < 4.78 is 3.09. The lowest BCUT2D eigenvalue weighted by Gasteiger charge is -2.10. The minimum atomic E-state index is -0.112. The highest BCUT2D eigenvalue weighted by molar-refractivity contribution is 7.19. The summed E-state index contributed by atoms with van der Waals surface area (Å²) in [5.41, 5.74) is 2.85. The van der Waals surface area contributed by atoms with Crippen LogP contribution in [0.2, 0.25) is 0 Å². The summed E-state index contributed by atoms with van der Waals surface area (Å²) in [6.07, 6.45) is 9.44. The normalized spacial score (nSPS) is 13.1. The van der Waals surface area contributed by atoms with Crippen LogP contribution >= 0.6 is 11.3 Å². The summed E-state index contributed by atoms with van der Waals surface area (Å²) >= 11 is 1.78. The summed E-state index contributed by atoms with van der Waals surface area (Å²) in [6.45, 7) is 1.22. The lowest BCUT2D eigenvalue weighted by molar-refractivity contribution is 0.572. The number of hydrogen-bond acceptors (Lipinski definition) is 7. The van der Waals surface area contributed by atoms with Gasteiger partial charge in [0.05, 0.1) is 5.39 Å². The quantitative estimate of drug-likeness (QED) is 0.404. The number of pyridine rings is 2. The lowest BCUT2D eigenvalue weighted by atomic mass is 10.1. The zero-order valence-corrected chi connectivity index (χ0v) is 18.2. The Hall–Kier alpha value is -3.59. The van der Waals surface area contributed by atoms with E-state index in [1.165, 1.54) is 21.5 Å². The molecule has 0 atom stereocenters. The molecule has 0 amide bonds. The van der Waals surface area contributed by atoms with Crippen molar-refractivity contribution >= 4 is 33.0 Å². The lowest BCUT2D eigenvalue weighted by Crippen LogP contribution is -2.22. The number of nitrogens with one attached hydrogen (secondary N) is 1. The first-order chi connectivity index (χ1) is 15.8. The number of hydrogen-bond donors (Lipinski definition) is 1. The SMILES string of the molecule is O=c1n(CCCNc2nc(-c3cccnc3)nc3sc4c(c23)CCC4)nc2ccccn12. The van der Waals surface area contributed by atoms with Crippen molar-refractivity contribution in [3.05, 3.63) is 69.8 Å². The molecule has 1 N–H and O–H groups in total. The fraction of sp³-hybridized carbons (Fsp3) is 0.261. The second-order valence-corrected chi connectivity index (χ2v) is 8.97. The molecule has 5 heterocycles. The van der Waals surface area contributed by atoms with Crippen LogP contribution in [-0.2, 0) is 19.4 Å². The van der Waals surface area contributed by atoms with E-state index < -0.39 is 0 Å². The number of thiophene rings is 1. The maximum Gasteiger partial charge on any atom is 0.350 e. The van der Waals surface area contributed by atoms with E-state index in [4.69, 9.17) is 9.97 Å². The van der Waals surface area contributed by atoms with Crippen LogP contribution in [0.15, 0.2) is 53.7 Å². The largest absolute Gasteiger partial charge is 0.369 e. The third-order valence-electron chi connectivity index (χ3n) is 5.81. The topological polar surface area (TPSA) is 90.0 Å². The van der Waals surface area contributed by atoms with Crippen LogP contribution in [0, 0.1) is 0 Å². The Bertz CT molecular complexity index is 1490. The number of aromatic nitrogens is 6. The molecule has 0 aromatic carbocycles. The molecule has 6 rings (SSSR count). The number of nitrogens with zero attached hydrogens (tertiary/aromatic N) is 6. The van der Waals surface area contributed by atoms with Gasteiger partial charge in [-0.2, -0.15) is 0 Å². The van der Waals surface area contributed by atoms with Crippen molar-refractivity contribution in [3.63, 3.8) is 0 Å². The van der Waals surface area contributed by atoms with Crippen molar-refractivity contribution in [2.75, 3.05) is 11.9 Å². The van der Waals surface area contributed by atoms with Gasteiger partial charge >= 0.3 is 5.69 Å². The predicted molar refractivity (Wildman–Crippen MR) is 125 cm³/mol. The van der Waals surface area contributed by atoms with Crippen LogP contribution in [0.3, 0.4) is 0 Å². The van der Waals surface area contributed by atoms with Gasteiger partial charge in [0, 0.05) is 42.1 Å². The zero-order chi connectivity index (χ0) is 21.5. The van der Waals surface area contributed by atoms with Gasteiger partial charge in [0.2, 0.25) is 0 Å². The van der Waals surface area contributed by atoms with Crippen molar-refractivity contribution in [2.24, 2.45) is 0 Å². The van der Waals surface area contributed by atoms with Crippen LogP contribution in [0.1, 0.15) is 23.3 Å². The van der Waals surface area contributed by atoms with E-state index in [1.807, 2.05) is 30.3 Å². The van der Waals surface area contributed by atoms with E-state index >= 15 is 0 Å². The van der Waals surface area contributed by atoms with Crippen LogP contribution < -0.4 is 11.0 Å². The molecule has 5 aromatic rings. The number of anilines is 1. The van der Waals surface area contributed by atoms with Crippen molar-refractivity contribution < 1.29 is 0 Å².